The summed E-state index contributed by atoms with van der Waals surface area (Å²) >= 11 is 2.95. The summed E-state index contributed by atoms with van der Waals surface area (Å²) < 4.78 is 5.86. The van der Waals surface area contributed by atoms with Crippen molar-refractivity contribution in [1.82, 2.24) is 9.88 Å². The molecular weight excluding hydrogens is 524 g/mol. The number of unbranched alkanes of at least 4 members (excludes halogenated alkanes) is 3. The number of benzene rings is 1. The zero-order valence-corrected chi connectivity index (χ0v) is 23.0. The lowest BCUT2D eigenvalue weighted by atomic mass is 10.1. The third kappa shape index (κ3) is 12.2. The highest BCUT2D eigenvalue weighted by Crippen LogP contribution is 2.31. The van der Waals surface area contributed by atoms with Gasteiger partial charge in [0.15, 0.2) is 0 Å². The zero-order valence-electron chi connectivity index (χ0n) is 21.4. The summed E-state index contributed by atoms with van der Waals surface area (Å²) in [5, 5.41) is 18.3. The van der Waals surface area contributed by atoms with Gasteiger partial charge in [0.1, 0.15) is 10.8 Å². The van der Waals surface area contributed by atoms with Gasteiger partial charge in [-0.15, -0.1) is 11.3 Å². The van der Waals surface area contributed by atoms with Crippen LogP contribution in [0.4, 0.5) is 0 Å². The predicted octanol–water partition coefficient (Wildman–Crippen LogP) is 5.74. The van der Waals surface area contributed by atoms with E-state index in [1.807, 2.05) is 53.9 Å². The van der Waals surface area contributed by atoms with Crippen LogP contribution in [0.5, 0.6) is 5.75 Å². The minimum absolute atomic E-state index is 0.0196. The van der Waals surface area contributed by atoms with Gasteiger partial charge in [-0.1, -0.05) is 30.7 Å². The third-order valence-corrected chi connectivity index (χ3v) is 6.83. The van der Waals surface area contributed by atoms with E-state index >= 15 is 0 Å². The molecule has 0 spiro atoms. The van der Waals surface area contributed by atoms with E-state index in [1.165, 1.54) is 42.4 Å². The van der Waals surface area contributed by atoms with Crippen molar-refractivity contribution < 1.29 is 29.3 Å². The van der Waals surface area contributed by atoms with Gasteiger partial charge in [0.2, 0.25) is 5.78 Å². The summed E-state index contributed by atoms with van der Waals surface area (Å²) in [6, 6.07) is 15.4. The number of carboxylic acid groups (broad SMARTS) is 2. The Morgan fingerprint density at radius 1 is 0.947 bits per heavy atom. The molecule has 0 saturated carbocycles. The van der Waals surface area contributed by atoms with Gasteiger partial charge in [0.25, 0.3) is 0 Å². The maximum atomic E-state index is 12.8. The summed E-state index contributed by atoms with van der Waals surface area (Å²) in [5.74, 6) is -1.62. The molecule has 0 aliphatic carbocycles. The summed E-state index contributed by atoms with van der Waals surface area (Å²) in [5.41, 5.74) is 0.638. The molecule has 0 radical (unpaired) electrons. The van der Waals surface area contributed by atoms with Crippen molar-refractivity contribution in [2.45, 2.75) is 35.6 Å². The Labute approximate surface area is 231 Å². The molecule has 0 aliphatic rings. The van der Waals surface area contributed by atoms with Gasteiger partial charge in [0.05, 0.1) is 17.0 Å². The second-order valence-electron chi connectivity index (χ2n) is 8.31. The van der Waals surface area contributed by atoms with Crippen LogP contribution in [0.2, 0.25) is 0 Å². The molecule has 8 nitrogen and oxygen atoms in total. The molecule has 3 aromatic rings. The Hall–Kier alpha value is -3.47. The number of rotatable bonds is 14. The molecule has 1 aromatic carbocycles. The fraction of sp³-hybridized carbons (Fsp3) is 0.286. The van der Waals surface area contributed by atoms with Gasteiger partial charge in [0, 0.05) is 23.2 Å². The number of carbonyl (C=O) groups excluding carboxylic acids is 1. The largest absolute Gasteiger partial charge is 0.494 e. The van der Waals surface area contributed by atoms with E-state index in [0.717, 1.165) is 40.1 Å². The molecule has 0 saturated heterocycles. The molecule has 0 amide bonds. The van der Waals surface area contributed by atoms with Crippen molar-refractivity contribution in [3.05, 3.63) is 82.7 Å². The van der Waals surface area contributed by atoms with E-state index in [9.17, 15) is 14.4 Å². The number of aliphatic carboxylic acids is 2. The van der Waals surface area contributed by atoms with Crippen molar-refractivity contribution in [1.29, 1.82) is 0 Å². The monoisotopic (exact) mass is 556 g/mol. The number of aromatic nitrogens is 1. The van der Waals surface area contributed by atoms with Crippen molar-refractivity contribution in [2.75, 3.05) is 27.2 Å². The van der Waals surface area contributed by atoms with Crippen LogP contribution in [0.25, 0.3) is 0 Å². The molecule has 38 heavy (non-hydrogen) atoms. The second-order valence-corrected chi connectivity index (χ2v) is 10.3. The molecule has 0 fully saturated rings. The van der Waals surface area contributed by atoms with Gasteiger partial charge in [-0.2, -0.15) is 0 Å². The van der Waals surface area contributed by atoms with E-state index in [0.29, 0.717) is 17.7 Å². The predicted molar refractivity (Wildman–Crippen MR) is 149 cm³/mol. The number of nitrogens with zero attached hydrogens (tertiary/aromatic N) is 2. The first kappa shape index (κ1) is 30.8. The van der Waals surface area contributed by atoms with Crippen LogP contribution in [-0.2, 0) is 9.59 Å². The smallest absolute Gasteiger partial charge is 0.328 e. The molecule has 0 unspecified atom stereocenters. The Morgan fingerprint density at radius 3 is 2.24 bits per heavy atom. The van der Waals surface area contributed by atoms with Gasteiger partial charge in [-0.05, 0) is 81.3 Å². The van der Waals surface area contributed by atoms with Crippen molar-refractivity contribution in [3.63, 3.8) is 0 Å². The quantitative estimate of drug-likeness (QED) is 0.146. The third-order valence-electron chi connectivity index (χ3n) is 4.94. The molecule has 0 aliphatic heterocycles. The molecule has 3 rings (SSSR count). The number of ketones is 1. The van der Waals surface area contributed by atoms with Crippen LogP contribution in [0.3, 0.4) is 0 Å². The van der Waals surface area contributed by atoms with Crippen LogP contribution >= 0.6 is 23.1 Å². The number of thiophene rings is 1. The highest BCUT2D eigenvalue weighted by molar-refractivity contribution is 7.99. The number of pyridine rings is 1. The standard InChI is InChI=1S/C24H28N2O2S2.C4H4O4/c1-26(2)16-5-3-4-6-17-28-19-11-13-20(14-12-19)30-24-21(9-7-15-25-24)23(27)22-10-8-18-29-22;5-3(6)1-2-4(7)8/h7-15,18H,3-6,16-17H2,1-2H3;1-2H,(H,5,6)(H,7,8). The minimum Gasteiger partial charge on any atom is -0.494 e. The Balaban J connectivity index is 0.000000550. The fourth-order valence-electron chi connectivity index (χ4n) is 3.12. The topological polar surface area (TPSA) is 117 Å². The number of hydrogen-bond donors (Lipinski definition) is 2. The maximum Gasteiger partial charge on any atom is 0.328 e. The minimum atomic E-state index is -1.26. The average Bonchev–Trinajstić information content (AvgIpc) is 3.43. The summed E-state index contributed by atoms with van der Waals surface area (Å²) in [6.07, 6.45) is 7.60. The molecule has 10 heteroatoms. The first-order chi connectivity index (χ1) is 18.3. The molecular formula is C28H32N2O6S2. The van der Waals surface area contributed by atoms with Crippen LogP contribution in [0, 0.1) is 0 Å². The van der Waals surface area contributed by atoms with Crippen LogP contribution in [0.1, 0.15) is 40.9 Å². The highest BCUT2D eigenvalue weighted by Gasteiger charge is 2.16. The van der Waals surface area contributed by atoms with Crippen LogP contribution in [-0.4, -0.2) is 65.1 Å². The van der Waals surface area contributed by atoms with Crippen molar-refractivity contribution in [3.8, 4) is 5.75 Å². The van der Waals surface area contributed by atoms with E-state index in [1.54, 1.807) is 6.20 Å². The van der Waals surface area contributed by atoms with E-state index < -0.39 is 11.9 Å². The first-order valence-electron chi connectivity index (χ1n) is 12.0. The number of hydrogen-bond acceptors (Lipinski definition) is 8. The molecule has 0 bridgehead atoms. The lowest BCUT2D eigenvalue weighted by Gasteiger charge is -2.10. The second kappa shape index (κ2) is 17.1. The lowest BCUT2D eigenvalue weighted by molar-refractivity contribution is -0.134. The van der Waals surface area contributed by atoms with E-state index in [2.05, 4.69) is 24.0 Å². The van der Waals surface area contributed by atoms with Crippen LogP contribution < -0.4 is 4.74 Å². The highest BCUT2D eigenvalue weighted by atomic mass is 32.2. The number of carbonyl (C=O) groups is 3. The Kier molecular flexibility index (Phi) is 13.9. The summed E-state index contributed by atoms with van der Waals surface area (Å²) in [7, 11) is 4.22. The van der Waals surface area contributed by atoms with Crippen molar-refractivity contribution in [2.24, 2.45) is 0 Å². The molecule has 2 heterocycles. The Morgan fingerprint density at radius 2 is 1.63 bits per heavy atom. The first-order valence-corrected chi connectivity index (χ1v) is 13.7. The average molecular weight is 557 g/mol. The zero-order chi connectivity index (χ0) is 27.8. The number of ether oxygens (including phenoxy) is 1. The normalized spacial score (nSPS) is 10.7. The summed E-state index contributed by atoms with van der Waals surface area (Å²) in [6.45, 7) is 1.89. The van der Waals surface area contributed by atoms with Gasteiger partial charge in [-0.3, -0.25) is 4.79 Å². The van der Waals surface area contributed by atoms with Crippen molar-refractivity contribution >= 4 is 40.8 Å². The van der Waals surface area contributed by atoms with Gasteiger partial charge < -0.3 is 19.8 Å². The number of carboxylic acids is 2. The van der Waals surface area contributed by atoms with Crippen LogP contribution in [0.15, 0.2) is 82.2 Å². The van der Waals surface area contributed by atoms with E-state index in [-0.39, 0.29) is 5.78 Å². The Bertz CT molecular complexity index is 1160. The fourth-order valence-corrected chi connectivity index (χ4v) is 4.67. The lowest BCUT2D eigenvalue weighted by Crippen LogP contribution is -2.12. The molecule has 202 valence electrons. The molecule has 2 aromatic heterocycles. The van der Waals surface area contributed by atoms with E-state index in [4.69, 9.17) is 14.9 Å². The van der Waals surface area contributed by atoms with Gasteiger partial charge in [-0.25, -0.2) is 14.6 Å². The molecule has 2 N–H and O–H groups in total. The SMILES string of the molecule is CN(C)CCCCCCOc1ccc(Sc2ncccc2C(=O)c2cccs2)cc1.O=C(O)C=CC(=O)O. The maximum absolute atomic E-state index is 12.8. The molecule has 0 atom stereocenters. The van der Waals surface area contributed by atoms with Gasteiger partial charge >= 0.3 is 11.9 Å². The summed E-state index contributed by atoms with van der Waals surface area (Å²) in [4.78, 5) is 40.3.